The molecule has 0 aliphatic heterocycles. The first kappa shape index (κ1) is 23.1. The van der Waals surface area contributed by atoms with Crippen LogP contribution in [0.3, 0.4) is 0 Å². The Morgan fingerprint density at radius 3 is 2.33 bits per heavy atom. The quantitative estimate of drug-likeness (QED) is 0.464. The van der Waals surface area contributed by atoms with E-state index in [0.717, 1.165) is 12.5 Å². The van der Waals surface area contributed by atoms with Gasteiger partial charge in [-0.3, -0.25) is 4.79 Å². The Morgan fingerprint density at radius 2 is 1.73 bits per heavy atom. The predicted octanol–water partition coefficient (Wildman–Crippen LogP) is 2.24. The van der Waals surface area contributed by atoms with Gasteiger partial charge in [-0.05, 0) is 29.7 Å². The Morgan fingerprint density at radius 1 is 1.10 bits per heavy atom. The fraction of sp³-hybridized carbons (Fsp3) is 0.333. The van der Waals surface area contributed by atoms with Crippen molar-refractivity contribution < 1.29 is 28.2 Å². The van der Waals surface area contributed by atoms with E-state index in [1.807, 2.05) is 5.32 Å². The smallest absolute Gasteiger partial charge is 0.407 e. The van der Waals surface area contributed by atoms with Crippen molar-refractivity contribution >= 4 is 17.7 Å². The van der Waals surface area contributed by atoms with Crippen LogP contribution in [0.1, 0.15) is 18.1 Å². The summed E-state index contributed by atoms with van der Waals surface area (Å²) in [6.07, 6.45) is -3.32. The number of nitrogens with one attached hydrogen (secondary N) is 2. The molecular formula is C21H25F2N3O4. The number of aliphatic hydroxyl groups excluding tert-OH is 1. The van der Waals surface area contributed by atoms with Crippen LogP contribution in [-0.4, -0.2) is 41.7 Å². The van der Waals surface area contributed by atoms with Crippen molar-refractivity contribution in [2.45, 2.75) is 38.0 Å². The van der Waals surface area contributed by atoms with E-state index in [1.54, 1.807) is 54.6 Å². The van der Waals surface area contributed by atoms with Crippen molar-refractivity contribution in [3.8, 4) is 0 Å². The lowest BCUT2D eigenvalue weighted by Crippen LogP contribution is -2.56. The molecule has 2 unspecified atom stereocenters. The molecule has 0 saturated heterocycles. The molecule has 0 radical (unpaired) electrons. The summed E-state index contributed by atoms with van der Waals surface area (Å²) < 4.78 is 33.9. The first-order chi connectivity index (χ1) is 14.2. The molecule has 0 spiro atoms. The number of benzene rings is 2. The van der Waals surface area contributed by atoms with Gasteiger partial charge in [-0.2, -0.15) is 0 Å². The maximum Gasteiger partial charge on any atom is 0.407 e. The Labute approximate surface area is 173 Å². The summed E-state index contributed by atoms with van der Waals surface area (Å²) >= 11 is 0. The third kappa shape index (κ3) is 7.32. The highest BCUT2D eigenvalue weighted by molar-refractivity contribution is 5.72. The maximum atomic E-state index is 14.4. The van der Waals surface area contributed by atoms with Crippen LogP contribution in [0.5, 0.6) is 0 Å². The highest BCUT2D eigenvalue weighted by Crippen LogP contribution is 2.23. The zero-order valence-electron chi connectivity index (χ0n) is 16.5. The number of aliphatic hydroxyl groups is 1. The first-order valence-electron chi connectivity index (χ1n) is 9.29. The SMILES string of the molecule is CC(=O)NCC(F)(F)C(O)C(Cc1ccc(N)cc1)NC(=O)OCc1ccccc1. The van der Waals surface area contributed by atoms with Gasteiger partial charge in [0.2, 0.25) is 5.91 Å². The van der Waals surface area contributed by atoms with E-state index in [4.69, 9.17) is 10.5 Å². The monoisotopic (exact) mass is 421 g/mol. The zero-order chi connectivity index (χ0) is 22.1. The van der Waals surface area contributed by atoms with Crippen molar-refractivity contribution in [2.75, 3.05) is 12.3 Å². The van der Waals surface area contributed by atoms with E-state index < -0.39 is 36.6 Å². The third-order valence-electron chi connectivity index (χ3n) is 4.34. The van der Waals surface area contributed by atoms with Crippen molar-refractivity contribution in [3.05, 3.63) is 65.7 Å². The molecule has 2 aromatic carbocycles. The van der Waals surface area contributed by atoms with Crippen LogP contribution in [0.15, 0.2) is 54.6 Å². The van der Waals surface area contributed by atoms with Gasteiger partial charge in [0.25, 0.3) is 5.92 Å². The summed E-state index contributed by atoms with van der Waals surface area (Å²) in [5.41, 5.74) is 7.42. The number of rotatable bonds is 9. The second-order valence-corrected chi connectivity index (χ2v) is 6.87. The predicted molar refractivity (Wildman–Crippen MR) is 108 cm³/mol. The fourth-order valence-electron chi connectivity index (χ4n) is 2.71. The molecule has 0 aliphatic carbocycles. The van der Waals surface area contributed by atoms with Gasteiger partial charge in [-0.1, -0.05) is 42.5 Å². The van der Waals surface area contributed by atoms with Gasteiger partial charge in [0, 0.05) is 12.6 Å². The molecule has 0 aliphatic rings. The van der Waals surface area contributed by atoms with Gasteiger partial charge < -0.3 is 26.2 Å². The van der Waals surface area contributed by atoms with Gasteiger partial charge in [-0.25, -0.2) is 13.6 Å². The molecule has 0 bridgehead atoms. The maximum absolute atomic E-state index is 14.4. The molecule has 2 rings (SSSR count). The van der Waals surface area contributed by atoms with E-state index >= 15 is 0 Å². The summed E-state index contributed by atoms with van der Waals surface area (Å²) in [5, 5.41) is 14.6. The van der Waals surface area contributed by atoms with E-state index in [1.165, 1.54) is 0 Å². The van der Waals surface area contributed by atoms with Gasteiger partial charge in [-0.15, -0.1) is 0 Å². The Balaban J connectivity index is 2.09. The topological polar surface area (TPSA) is 114 Å². The highest BCUT2D eigenvalue weighted by Gasteiger charge is 2.44. The molecule has 7 nitrogen and oxygen atoms in total. The number of halogens is 2. The Bertz CT molecular complexity index is 832. The number of anilines is 1. The van der Waals surface area contributed by atoms with Crippen LogP contribution in [-0.2, 0) is 22.6 Å². The number of nitrogens with two attached hydrogens (primary N) is 1. The lowest BCUT2D eigenvalue weighted by molar-refractivity contribution is -0.131. The molecule has 2 aromatic rings. The summed E-state index contributed by atoms with van der Waals surface area (Å²) in [6.45, 7) is -0.0321. The summed E-state index contributed by atoms with van der Waals surface area (Å²) in [5.74, 6) is -4.34. The molecule has 162 valence electrons. The number of hydrogen-bond donors (Lipinski definition) is 4. The number of amides is 2. The van der Waals surface area contributed by atoms with Crippen LogP contribution < -0.4 is 16.4 Å². The number of nitrogen functional groups attached to an aromatic ring is 1. The minimum Gasteiger partial charge on any atom is -0.445 e. The summed E-state index contributed by atoms with van der Waals surface area (Å²) in [6, 6.07) is 13.9. The van der Waals surface area contributed by atoms with Gasteiger partial charge in [0.1, 0.15) is 12.7 Å². The van der Waals surface area contributed by atoms with Crippen molar-refractivity contribution in [3.63, 3.8) is 0 Å². The van der Waals surface area contributed by atoms with Gasteiger partial charge in [0.15, 0.2) is 0 Å². The molecule has 2 amide bonds. The standard InChI is InChI=1S/C21H25F2N3O4/c1-14(27)25-13-21(22,23)19(28)18(11-15-7-9-17(24)10-8-15)26-20(29)30-12-16-5-3-2-4-6-16/h2-10,18-19,28H,11-13,24H2,1H3,(H,25,27)(H,26,29). The Hall–Kier alpha value is -3.20. The van der Waals surface area contributed by atoms with Crippen LogP contribution >= 0.6 is 0 Å². The molecule has 30 heavy (non-hydrogen) atoms. The molecule has 0 saturated carbocycles. The minimum atomic E-state index is -3.68. The third-order valence-corrected chi connectivity index (χ3v) is 4.34. The minimum absolute atomic E-state index is 0.0559. The van der Waals surface area contributed by atoms with Crippen LogP contribution in [0.4, 0.5) is 19.3 Å². The number of hydrogen-bond acceptors (Lipinski definition) is 5. The second-order valence-electron chi connectivity index (χ2n) is 6.87. The normalized spacial score (nSPS) is 13.2. The summed E-state index contributed by atoms with van der Waals surface area (Å²) in [4.78, 5) is 23.2. The summed E-state index contributed by atoms with van der Waals surface area (Å²) in [7, 11) is 0. The highest BCUT2D eigenvalue weighted by atomic mass is 19.3. The molecule has 5 N–H and O–H groups in total. The van der Waals surface area contributed by atoms with Crippen molar-refractivity contribution in [1.82, 2.24) is 10.6 Å². The van der Waals surface area contributed by atoms with Gasteiger partial charge >= 0.3 is 6.09 Å². The lowest BCUT2D eigenvalue weighted by Gasteiger charge is -2.30. The number of alkyl carbamates (subject to hydrolysis) is 1. The van der Waals surface area contributed by atoms with Crippen LogP contribution in [0, 0.1) is 0 Å². The molecular weight excluding hydrogens is 396 g/mol. The zero-order valence-corrected chi connectivity index (χ0v) is 16.5. The number of alkyl halides is 2. The van der Waals surface area contributed by atoms with E-state index in [0.29, 0.717) is 11.3 Å². The first-order valence-corrected chi connectivity index (χ1v) is 9.29. The van der Waals surface area contributed by atoms with E-state index in [9.17, 15) is 23.5 Å². The lowest BCUT2D eigenvalue weighted by atomic mass is 9.97. The number of ether oxygens (including phenoxy) is 1. The van der Waals surface area contributed by atoms with E-state index in [-0.39, 0.29) is 13.0 Å². The van der Waals surface area contributed by atoms with E-state index in [2.05, 4.69) is 5.32 Å². The molecule has 0 fully saturated rings. The Kier molecular flexibility index (Phi) is 8.11. The van der Waals surface area contributed by atoms with Crippen LogP contribution in [0.2, 0.25) is 0 Å². The number of carbonyl (C=O) groups is 2. The number of carbonyl (C=O) groups excluding carboxylic acids is 2. The molecule has 0 heterocycles. The molecule has 2 atom stereocenters. The molecule has 9 heteroatoms. The van der Waals surface area contributed by atoms with Gasteiger partial charge in [0.05, 0.1) is 12.6 Å². The van der Waals surface area contributed by atoms with Crippen LogP contribution in [0.25, 0.3) is 0 Å². The largest absolute Gasteiger partial charge is 0.445 e. The second kappa shape index (κ2) is 10.5. The van der Waals surface area contributed by atoms with Crippen molar-refractivity contribution in [2.24, 2.45) is 0 Å². The average molecular weight is 421 g/mol. The average Bonchev–Trinajstić information content (AvgIpc) is 2.72. The fourth-order valence-corrected chi connectivity index (χ4v) is 2.71. The van der Waals surface area contributed by atoms with Crippen molar-refractivity contribution in [1.29, 1.82) is 0 Å². The molecule has 0 aromatic heterocycles.